The van der Waals surface area contributed by atoms with Gasteiger partial charge in [-0.1, -0.05) is 0 Å². The number of nitrogens with two attached hydrogens (primary N) is 2. The Morgan fingerprint density at radius 2 is 1.95 bits per heavy atom. The molecule has 0 spiro atoms. The van der Waals surface area contributed by atoms with Crippen LogP contribution >= 0.6 is 0 Å². The largest absolute Gasteiger partial charge is 0.468 e. The van der Waals surface area contributed by atoms with Crippen molar-refractivity contribution < 1.29 is 19.1 Å². The van der Waals surface area contributed by atoms with E-state index in [0.717, 1.165) is 0 Å². The lowest BCUT2D eigenvalue weighted by Gasteiger charge is -2.01. The Kier molecular flexibility index (Phi) is 4.63. The number of carbonyl (C=O) groups is 3. The molecule has 1 aromatic rings. The van der Waals surface area contributed by atoms with Gasteiger partial charge in [-0.25, -0.2) is 0 Å². The average molecular weight is 267 g/mol. The zero-order valence-electron chi connectivity index (χ0n) is 10.1. The van der Waals surface area contributed by atoms with Gasteiger partial charge in [0, 0.05) is 0 Å². The quantitative estimate of drug-likeness (QED) is 0.290. The molecular formula is C10H13N5O4. The molecule has 1 heterocycles. The number of nitrogens with one attached hydrogen (secondary N) is 2. The molecule has 102 valence electrons. The smallest absolute Gasteiger partial charge is 0.325 e. The van der Waals surface area contributed by atoms with Crippen molar-refractivity contribution in [2.24, 2.45) is 16.5 Å². The third-order valence-electron chi connectivity index (χ3n) is 2.01. The Morgan fingerprint density at radius 3 is 2.53 bits per heavy atom. The predicted octanol–water partition coefficient (Wildman–Crippen LogP) is -1.67. The van der Waals surface area contributed by atoms with Crippen molar-refractivity contribution in [1.82, 2.24) is 10.3 Å². The molecule has 0 fully saturated rings. The summed E-state index contributed by atoms with van der Waals surface area (Å²) < 4.78 is 4.36. The van der Waals surface area contributed by atoms with Crippen LogP contribution in [0, 0.1) is 0 Å². The van der Waals surface area contributed by atoms with Gasteiger partial charge in [-0.15, -0.1) is 0 Å². The number of hydrogen-bond donors (Lipinski definition) is 4. The topological polar surface area (TPSA) is 153 Å². The molecule has 0 aliphatic rings. The van der Waals surface area contributed by atoms with E-state index in [-0.39, 0.29) is 23.9 Å². The fourth-order valence-electron chi connectivity index (χ4n) is 1.15. The van der Waals surface area contributed by atoms with Crippen molar-refractivity contribution in [1.29, 1.82) is 0 Å². The number of rotatable bonds is 4. The third kappa shape index (κ3) is 4.15. The SMILES string of the molecule is COC(=O)CNC(=O)c1ccc(C(=O)N=C(N)N)[nH]1. The van der Waals surface area contributed by atoms with Crippen LogP contribution in [0.15, 0.2) is 17.1 Å². The highest BCUT2D eigenvalue weighted by atomic mass is 16.5. The van der Waals surface area contributed by atoms with Gasteiger partial charge in [-0.05, 0) is 12.1 Å². The number of esters is 1. The van der Waals surface area contributed by atoms with Crippen molar-refractivity contribution >= 4 is 23.7 Å². The van der Waals surface area contributed by atoms with Gasteiger partial charge in [0.15, 0.2) is 5.96 Å². The van der Waals surface area contributed by atoms with Crippen molar-refractivity contribution in [3.63, 3.8) is 0 Å². The molecule has 0 radical (unpaired) electrons. The number of amides is 2. The first-order chi connectivity index (χ1) is 8.93. The number of aliphatic imine (C=N–C) groups is 1. The maximum absolute atomic E-state index is 11.6. The minimum absolute atomic E-state index is 0.0524. The Bertz CT molecular complexity index is 530. The molecule has 1 rings (SSSR count). The molecule has 19 heavy (non-hydrogen) atoms. The van der Waals surface area contributed by atoms with Crippen molar-refractivity contribution in [3.8, 4) is 0 Å². The molecule has 2 amide bonds. The minimum atomic E-state index is -0.702. The van der Waals surface area contributed by atoms with E-state index in [4.69, 9.17) is 11.5 Å². The summed E-state index contributed by atoms with van der Waals surface area (Å²) in [5.41, 5.74) is 10.3. The average Bonchev–Trinajstić information content (AvgIpc) is 2.84. The number of carbonyl (C=O) groups excluding carboxylic acids is 3. The van der Waals surface area contributed by atoms with Gasteiger partial charge >= 0.3 is 5.97 Å². The molecule has 6 N–H and O–H groups in total. The molecule has 0 saturated carbocycles. The summed E-state index contributed by atoms with van der Waals surface area (Å²) in [6.45, 7) is -0.272. The van der Waals surface area contributed by atoms with E-state index in [1.54, 1.807) is 0 Å². The predicted molar refractivity (Wildman–Crippen MR) is 65.3 cm³/mol. The van der Waals surface area contributed by atoms with Gasteiger partial charge in [0.25, 0.3) is 11.8 Å². The van der Waals surface area contributed by atoms with E-state index in [1.807, 2.05) is 0 Å². The Labute approximate surface area is 108 Å². The van der Waals surface area contributed by atoms with E-state index < -0.39 is 17.8 Å². The summed E-state index contributed by atoms with van der Waals surface area (Å²) in [5, 5.41) is 2.30. The summed E-state index contributed by atoms with van der Waals surface area (Å²) >= 11 is 0. The lowest BCUT2D eigenvalue weighted by molar-refractivity contribution is -0.139. The van der Waals surface area contributed by atoms with Crippen LogP contribution in [-0.2, 0) is 9.53 Å². The molecule has 1 aromatic heterocycles. The first-order valence-electron chi connectivity index (χ1n) is 5.12. The van der Waals surface area contributed by atoms with E-state index in [1.165, 1.54) is 19.2 Å². The number of H-pyrrole nitrogens is 1. The maximum atomic E-state index is 11.6. The highest BCUT2D eigenvalue weighted by Crippen LogP contribution is 2.03. The van der Waals surface area contributed by atoms with Gasteiger partial charge in [-0.3, -0.25) is 14.4 Å². The Hall–Kier alpha value is -2.84. The summed E-state index contributed by atoms with van der Waals surface area (Å²) in [5.74, 6) is -2.23. The van der Waals surface area contributed by atoms with E-state index in [9.17, 15) is 14.4 Å². The van der Waals surface area contributed by atoms with Gasteiger partial charge in [-0.2, -0.15) is 4.99 Å². The molecule has 0 bridgehead atoms. The van der Waals surface area contributed by atoms with Crippen LogP contribution < -0.4 is 16.8 Å². The molecule has 0 aliphatic carbocycles. The second kappa shape index (κ2) is 6.19. The summed E-state index contributed by atoms with van der Waals surface area (Å²) in [4.78, 5) is 39.7. The molecule has 0 aliphatic heterocycles. The Morgan fingerprint density at radius 1 is 1.32 bits per heavy atom. The van der Waals surface area contributed by atoms with Crippen LogP contribution in [0.25, 0.3) is 0 Å². The zero-order chi connectivity index (χ0) is 14.4. The van der Waals surface area contributed by atoms with Crippen LogP contribution in [0.2, 0.25) is 0 Å². The molecular weight excluding hydrogens is 254 g/mol. The summed E-state index contributed by atoms with van der Waals surface area (Å²) in [6, 6.07) is 2.71. The van der Waals surface area contributed by atoms with E-state index >= 15 is 0 Å². The Balaban J connectivity index is 2.69. The van der Waals surface area contributed by atoms with Gasteiger partial charge < -0.3 is 26.5 Å². The number of ether oxygens (including phenoxy) is 1. The second-order valence-corrected chi connectivity index (χ2v) is 3.39. The third-order valence-corrected chi connectivity index (χ3v) is 2.01. The number of nitrogens with zero attached hydrogens (tertiary/aromatic N) is 1. The number of guanidine groups is 1. The van der Waals surface area contributed by atoms with E-state index in [0.29, 0.717) is 0 Å². The number of hydrogen-bond acceptors (Lipinski definition) is 4. The van der Waals surface area contributed by atoms with Gasteiger partial charge in [0.1, 0.15) is 17.9 Å². The summed E-state index contributed by atoms with van der Waals surface area (Å²) in [6.07, 6.45) is 0. The molecule has 9 nitrogen and oxygen atoms in total. The van der Waals surface area contributed by atoms with Gasteiger partial charge in [0.2, 0.25) is 0 Å². The normalized spacial score (nSPS) is 9.53. The van der Waals surface area contributed by atoms with Crippen LogP contribution in [-0.4, -0.2) is 42.4 Å². The lowest BCUT2D eigenvalue weighted by atomic mass is 10.4. The number of aromatic nitrogens is 1. The molecule has 0 unspecified atom stereocenters. The van der Waals surface area contributed by atoms with Crippen LogP contribution in [0.3, 0.4) is 0 Å². The van der Waals surface area contributed by atoms with Crippen LogP contribution in [0.5, 0.6) is 0 Å². The highest BCUT2D eigenvalue weighted by molar-refractivity contribution is 6.02. The molecule has 0 saturated heterocycles. The molecule has 0 atom stereocenters. The molecule has 9 heteroatoms. The number of methoxy groups -OCH3 is 1. The standard InChI is InChI=1S/C10H13N5O4/c1-19-7(16)4-13-8(17)5-2-3-6(14-5)9(18)15-10(11)12/h2-3,14H,4H2,1H3,(H,13,17)(H4,11,12,15,18). The lowest BCUT2D eigenvalue weighted by Crippen LogP contribution is -2.30. The molecule has 0 aromatic carbocycles. The summed E-state index contributed by atoms with van der Waals surface area (Å²) in [7, 11) is 1.20. The minimum Gasteiger partial charge on any atom is -0.468 e. The first-order valence-corrected chi connectivity index (χ1v) is 5.12. The maximum Gasteiger partial charge on any atom is 0.325 e. The van der Waals surface area contributed by atoms with E-state index in [2.05, 4.69) is 20.0 Å². The fraction of sp³-hybridized carbons (Fsp3) is 0.200. The van der Waals surface area contributed by atoms with Crippen molar-refractivity contribution in [2.45, 2.75) is 0 Å². The van der Waals surface area contributed by atoms with Crippen LogP contribution in [0.4, 0.5) is 0 Å². The fourth-order valence-corrected chi connectivity index (χ4v) is 1.15. The highest BCUT2D eigenvalue weighted by Gasteiger charge is 2.13. The first kappa shape index (κ1) is 14.2. The zero-order valence-corrected chi connectivity index (χ0v) is 10.1. The van der Waals surface area contributed by atoms with Gasteiger partial charge in [0.05, 0.1) is 7.11 Å². The van der Waals surface area contributed by atoms with Crippen molar-refractivity contribution in [2.75, 3.05) is 13.7 Å². The monoisotopic (exact) mass is 267 g/mol. The number of aromatic amines is 1. The van der Waals surface area contributed by atoms with Crippen molar-refractivity contribution in [3.05, 3.63) is 23.5 Å². The van der Waals surface area contributed by atoms with Crippen LogP contribution in [0.1, 0.15) is 21.0 Å². The second-order valence-electron chi connectivity index (χ2n) is 3.39.